The predicted octanol–water partition coefficient (Wildman–Crippen LogP) is 4.06. The van der Waals surface area contributed by atoms with Crippen LogP contribution in [0.25, 0.3) is 0 Å². The first-order valence-electron chi connectivity index (χ1n) is 6.98. The third kappa shape index (κ3) is 3.79. The number of hydrogen-bond acceptors (Lipinski definition) is 2. The van der Waals surface area contributed by atoms with Crippen molar-refractivity contribution >= 4 is 0 Å². The number of rotatable bonds is 6. The summed E-state index contributed by atoms with van der Waals surface area (Å²) < 4.78 is 31.8. The molecule has 2 aromatic rings. The minimum absolute atomic E-state index is 0.199. The summed E-state index contributed by atoms with van der Waals surface area (Å²) in [6.07, 6.45) is 0.949. The summed E-state index contributed by atoms with van der Waals surface area (Å²) in [5, 5.41) is 3.36. The Balaban J connectivity index is 2.38. The van der Waals surface area contributed by atoms with Gasteiger partial charge in [0, 0.05) is 0 Å². The SMILES string of the molecule is CCCNC(c1cccc(OC)c1)c1ccc(F)c(F)c1. The number of benzene rings is 2. The zero-order chi connectivity index (χ0) is 15.2. The van der Waals surface area contributed by atoms with E-state index in [4.69, 9.17) is 4.74 Å². The first-order valence-corrected chi connectivity index (χ1v) is 6.98. The Morgan fingerprint density at radius 1 is 1.05 bits per heavy atom. The molecule has 1 atom stereocenters. The Bertz CT molecular complexity index is 601. The summed E-state index contributed by atoms with van der Waals surface area (Å²) in [4.78, 5) is 0. The lowest BCUT2D eigenvalue weighted by atomic mass is 9.98. The molecule has 0 aliphatic carbocycles. The second-order valence-corrected chi connectivity index (χ2v) is 4.84. The van der Waals surface area contributed by atoms with Gasteiger partial charge in [0.05, 0.1) is 13.2 Å². The fourth-order valence-corrected chi connectivity index (χ4v) is 2.23. The van der Waals surface area contributed by atoms with Gasteiger partial charge in [-0.2, -0.15) is 0 Å². The van der Waals surface area contributed by atoms with E-state index in [0.717, 1.165) is 30.3 Å². The molecule has 0 saturated carbocycles. The molecule has 0 amide bonds. The van der Waals surface area contributed by atoms with Gasteiger partial charge in [-0.15, -0.1) is 0 Å². The standard InChI is InChI=1S/C17H19F2NO/c1-3-9-20-17(12-5-4-6-14(10-12)21-2)13-7-8-15(18)16(19)11-13/h4-8,10-11,17,20H,3,9H2,1-2H3. The summed E-state index contributed by atoms with van der Waals surface area (Å²) in [6, 6.07) is 11.4. The van der Waals surface area contributed by atoms with Gasteiger partial charge < -0.3 is 10.1 Å². The zero-order valence-electron chi connectivity index (χ0n) is 12.2. The maximum Gasteiger partial charge on any atom is 0.159 e. The van der Waals surface area contributed by atoms with E-state index in [9.17, 15) is 8.78 Å². The second kappa shape index (κ2) is 7.18. The Hall–Kier alpha value is -1.94. The van der Waals surface area contributed by atoms with Crippen LogP contribution >= 0.6 is 0 Å². The number of hydrogen-bond donors (Lipinski definition) is 1. The Kier molecular flexibility index (Phi) is 5.28. The van der Waals surface area contributed by atoms with Gasteiger partial charge in [0.25, 0.3) is 0 Å². The lowest BCUT2D eigenvalue weighted by Gasteiger charge is -2.20. The van der Waals surface area contributed by atoms with Gasteiger partial charge in [-0.25, -0.2) is 8.78 Å². The Morgan fingerprint density at radius 3 is 2.48 bits per heavy atom. The molecule has 1 N–H and O–H groups in total. The number of nitrogens with one attached hydrogen (secondary N) is 1. The van der Waals surface area contributed by atoms with Crippen molar-refractivity contribution < 1.29 is 13.5 Å². The van der Waals surface area contributed by atoms with Crippen LogP contribution < -0.4 is 10.1 Å². The van der Waals surface area contributed by atoms with Crippen LogP contribution in [-0.2, 0) is 0 Å². The zero-order valence-corrected chi connectivity index (χ0v) is 12.2. The molecule has 2 nitrogen and oxygen atoms in total. The van der Waals surface area contributed by atoms with Crippen LogP contribution in [0.2, 0.25) is 0 Å². The van der Waals surface area contributed by atoms with E-state index in [-0.39, 0.29) is 6.04 Å². The largest absolute Gasteiger partial charge is 0.497 e. The molecule has 0 bridgehead atoms. The van der Waals surface area contributed by atoms with Gasteiger partial charge in [0.15, 0.2) is 11.6 Å². The molecular formula is C17H19F2NO. The van der Waals surface area contributed by atoms with E-state index in [1.165, 1.54) is 6.07 Å². The molecule has 1 unspecified atom stereocenters. The molecule has 2 aromatic carbocycles. The highest BCUT2D eigenvalue weighted by atomic mass is 19.2. The van der Waals surface area contributed by atoms with Crippen molar-refractivity contribution in [3.8, 4) is 5.75 Å². The van der Waals surface area contributed by atoms with Crippen molar-refractivity contribution in [1.29, 1.82) is 0 Å². The summed E-state index contributed by atoms with van der Waals surface area (Å²) in [7, 11) is 1.60. The van der Waals surface area contributed by atoms with Gasteiger partial charge in [-0.3, -0.25) is 0 Å². The van der Waals surface area contributed by atoms with E-state index in [0.29, 0.717) is 5.56 Å². The Labute approximate surface area is 123 Å². The average Bonchev–Trinajstić information content (AvgIpc) is 2.51. The summed E-state index contributed by atoms with van der Waals surface area (Å²) >= 11 is 0. The molecule has 0 aromatic heterocycles. The summed E-state index contributed by atoms with van der Waals surface area (Å²) in [5.74, 6) is -0.935. The Morgan fingerprint density at radius 2 is 1.81 bits per heavy atom. The monoisotopic (exact) mass is 291 g/mol. The maximum atomic E-state index is 13.5. The summed E-state index contributed by atoms with van der Waals surface area (Å²) in [5.41, 5.74) is 1.64. The van der Waals surface area contributed by atoms with Crippen LogP contribution in [-0.4, -0.2) is 13.7 Å². The first kappa shape index (κ1) is 15.4. The van der Waals surface area contributed by atoms with Gasteiger partial charge >= 0.3 is 0 Å². The van der Waals surface area contributed by atoms with Crippen LogP contribution in [0.15, 0.2) is 42.5 Å². The van der Waals surface area contributed by atoms with Crippen molar-refractivity contribution in [3.63, 3.8) is 0 Å². The van der Waals surface area contributed by atoms with Gasteiger partial charge in [-0.05, 0) is 48.4 Å². The minimum Gasteiger partial charge on any atom is -0.497 e. The van der Waals surface area contributed by atoms with Crippen molar-refractivity contribution in [2.24, 2.45) is 0 Å². The third-order valence-electron chi connectivity index (χ3n) is 3.30. The first-order chi connectivity index (χ1) is 10.2. The van der Waals surface area contributed by atoms with Crippen molar-refractivity contribution in [1.82, 2.24) is 5.32 Å². The average molecular weight is 291 g/mol. The van der Waals surface area contributed by atoms with Crippen LogP contribution in [0.1, 0.15) is 30.5 Å². The van der Waals surface area contributed by atoms with Crippen molar-refractivity contribution in [3.05, 3.63) is 65.2 Å². The molecule has 0 spiro atoms. The number of halogens is 2. The molecule has 0 saturated heterocycles. The molecule has 0 fully saturated rings. The fourth-order valence-electron chi connectivity index (χ4n) is 2.23. The predicted molar refractivity (Wildman–Crippen MR) is 79.5 cm³/mol. The van der Waals surface area contributed by atoms with Gasteiger partial charge in [0.2, 0.25) is 0 Å². The van der Waals surface area contributed by atoms with E-state index < -0.39 is 11.6 Å². The van der Waals surface area contributed by atoms with Gasteiger partial charge in [-0.1, -0.05) is 25.1 Å². The lowest BCUT2D eigenvalue weighted by molar-refractivity contribution is 0.413. The highest BCUT2D eigenvalue weighted by Gasteiger charge is 2.16. The summed E-state index contributed by atoms with van der Waals surface area (Å²) in [6.45, 7) is 2.84. The molecule has 4 heteroatoms. The highest BCUT2D eigenvalue weighted by molar-refractivity contribution is 5.37. The molecular weight excluding hydrogens is 272 g/mol. The fraction of sp³-hybridized carbons (Fsp3) is 0.294. The molecule has 2 rings (SSSR count). The van der Waals surface area contributed by atoms with Crippen LogP contribution in [0.5, 0.6) is 5.75 Å². The molecule has 0 radical (unpaired) electrons. The molecule has 0 aliphatic heterocycles. The van der Waals surface area contributed by atoms with Crippen molar-refractivity contribution in [2.75, 3.05) is 13.7 Å². The van der Waals surface area contributed by atoms with E-state index >= 15 is 0 Å². The molecule has 112 valence electrons. The highest BCUT2D eigenvalue weighted by Crippen LogP contribution is 2.26. The molecule has 21 heavy (non-hydrogen) atoms. The van der Waals surface area contributed by atoms with Crippen LogP contribution in [0.3, 0.4) is 0 Å². The van der Waals surface area contributed by atoms with E-state index in [1.807, 2.05) is 24.3 Å². The third-order valence-corrected chi connectivity index (χ3v) is 3.30. The van der Waals surface area contributed by atoms with Gasteiger partial charge in [0.1, 0.15) is 5.75 Å². The molecule has 0 heterocycles. The van der Waals surface area contributed by atoms with E-state index in [2.05, 4.69) is 12.2 Å². The molecule has 0 aliphatic rings. The minimum atomic E-state index is -0.835. The maximum absolute atomic E-state index is 13.5. The van der Waals surface area contributed by atoms with E-state index in [1.54, 1.807) is 13.2 Å². The van der Waals surface area contributed by atoms with Crippen LogP contribution in [0, 0.1) is 11.6 Å². The smallest absolute Gasteiger partial charge is 0.159 e. The topological polar surface area (TPSA) is 21.3 Å². The quantitative estimate of drug-likeness (QED) is 0.866. The lowest BCUT2D eigenvalue weighted by Crippen LogP contribution is -2.23. The van der Waals surface area contributed by atoms with Crippen LogP contribution in [0.4, 0.5) is 8.78 Å². The number of ether oxygens (including phenoxy) is 1. The normalized spacial score (nSPS) is 12.2. The second-order valence-electron chi connectivity index (χ2n) is 4.84. The number of methoxy groups -OCH3 is 1. The van der Waals surface area contributed by atoms with Crippen molar-refractivity contribution in [2.45, 2.75) is 19.4 Å².